The molecule has 0 spiro atoms. The average Bonchev–Trinajstić information content (AvgIpc) is 3.06. The van der Waals surface area contributed by atoms with Crippen molar-refractivity contribution < 1.29 is 19.0 Å². The Balaban J connectivity index is 1.19. The number of nitrogens with zero attached hydrogens (tertiary/aromatic N) is 4. The van der Waals surface area contributed by atoms with Crippen LogP contribution in [0.2, 0.25) is 0 Å². The van der Waals surface area contributed by atoms with Gasteiger partial charge in [-0.25, -0.2) is 24.1 Å². The van der Waals surface area contributed by atoms with Crippen molar-refractivity contribution in [3.05, 3.63) is 96.3 Å². The van der Waals surface area contributed by atoms with Gasteiger partial charge in [0.05, 0.1) is 0 Å². The van der Waals surface area contributed by atoms with Crippen LogP contribution in [0.4, 0.5) is 16.0 Å². The smallest absolute Gasteiger partial charge is 0.326 e. The number of rotatable bonds is 16. The van der Waals surface area contributed by atoms with Crippen LogP contribution in [0, 0.1) is 5.82 Å². The van der Waals surface area contributed by atoms with Crippen LogP contribution in [0.15, 0.2) is 79.3 Å². The van der Waals surface area contributed by atoms with E-state index in [2.05, 4.69) is 37.6 Å². The van der Waals surface area contributed by atoms with E-state index in [-0.39, 0.29) is 5.82 Å². The van der Waals surface area contributed by atoms with Crippen molar-refractivity contribution in [3.8, 4) is 16.9 Å². The molecule has 0 aliphatic carbocycles. The first-order valence-electron chi connectivity index (χ1n) is 15.2. The maximum absolute atomic E-state index is 13.3. The zero-order valence-corrected chi connectivity index (χ0v) is 24.8. The van der Waals surface area contributed by atoms with E-state index < -0.39 is 12.0 Å². The summed E-state index contributed by atoms with van der Waals surface area (Å²) < 4.78 is 19.2. The number of fused-ring (bicyclic) bond motifs is 1. The predicted molar refractivity (Wildman–Crippen MR) is 169 cm³/mol. The lowest BCUT2D eigenvalue weighted by Crippen LogP contribution is -2.37. The maximum Gasteiger partial charge on any atom is 0.326 e. The molecule has 4 aromatic rings. The quantitative estimate of drug-likeness (QED) is 0.140. The third kappa shape index (κ3) is 8.97. The molecule has 2 aromatic heterocycles. The van der Waals surface area contributed by atoms with E-state index in [1.54, 1.807) is 18.3 Å². The fourth-order valence-corrected chi connectivity index (χ4v) is 5.32. The zero-order valence-electron chi connectivity index (χ0n) is 24.8. The van der Waals surface area contributed by atoms with Gasteiger partial charge in [0.2, 0.25) is 0 Å². The van der Waals surface area contributed by atoms with Gasteiger partial charge in [-0.05, 0) is 86.5 Å². The van der Waals surface area contributed by atoms with Crippen LogP contribution in [0.1, 0.15) is 36.9 Å². The monoisotopic (exact) mass is 598 g/mol. The molecular formula is C34H39FN6O3. The van der Waals surface area contributed by atoms with Gasteiger partial charge in [0.15, 0.2) is 0 Å². The second-order valence-electron chi connectivity index (χ2n) is 10.9. The normalized spacial score (nSPS) is 13.1. The first-order valence-corrected chi connectivity index (χ1v) is 15.2. The molecule has 9 nitrogen and oxygen atoms in total. The number of halogens is 1. The van der Waals surface area contributed by atoms with Gasteiger partial charge in [-0.3, -0.25) is 4.90 Å². The van der Waals surface area contributed by atoms with Gasteiger partial charge >= 0.3 is 5.97 Å². The molecular weight excluding hydrogens is 559 g/mol. The highest BCUT2D eigenvalue weighted by molar-refractivity contribution is 5.81. The number of aromatic nitrogens is 3. The number of unbranched alkanes of at least 4 members (excludes halogenated alkanes) is 1. The average molecular weight is 599 g/mol. The van der Waals surface area contributed by atoms with Gasteiger partial charge in [0, 0.05) is 37.1 Å². The molecule has 1 unspecified atom stereocenters. The molecule has 3 heterocycles. The topological polar surface area (TPSA) is 112 Å². The van der Waals surface area contributed by atoms with Crippen molar-refractivity contribution >= 4 is 17.6 Å². The minimum Gasteiger partial charge on any atom is -0.492 e. The summed E-state index contributed by atoms with van der Waals surface area (Å²) in [6.07, 6.45) is 8.45. The number of hydrogen-bond donors (Lipinski definition) is 3. The van der Waals surface area contributed by atoms with E-state index in [1.165, 1.54) is 24.0 Å². The Morgan fingerprint density at radius 1 is 1.05 bits per heavy atom. The zero-order chi connectivity index (χ0) is 30.6. The van der Waals surface area contributed by atoms with Gasteiger partial charge in [0.25, 0.3) is 0 Å². The third-order valence-electron chi connectivity index (χ3n) is 7.74. The van der Waals surface area contributed by atoms with E-state index in [0.717, 1.165) is 67.8 Å². The number of carbonyl (C=O) groups is 1. The van der Waals surface area contributed by atoms with E-state index in [4.69, 9.17) is 9.72 Å². The number of carboxylic acid groups (broad SMARTS) is 1. The summed E-state index contributed by atoms with van der Waals surface area (Å²) in [6.45, 7) is 3.30. The first kappa shape index (κ1) is 30.9. The molecule has 1 aliphatic heterocycles. The van der Waals surface area contributed by atoms with Gasteiger partial charge in [-0.15, -0.1) is 0 Å². The Kier molecular flexibility index (Phi) is 11.1. The number of pyridine rings is 1. The van der Waals surface area contributed by atoms with Gasteiger partial charge in [-0.1, -0.05) is 36.4 Å². The van der Waals surface area contributed by atoms with E-state index in [0.29, 0.717) is 37.7 Å². The highest BCUT2D eigenvalue weighted by atomic mass is 19.1. The number of ether oxygens (including phenoxy) is 1. The van der Waals surface area contributed by atoms with Crippen LogP contribution in [-0.2, 0) is 17.6 Å². The highest BCUT2D eigenvalue weighted by Gasteiger charge is 2.21. The first-order chi connectivity index (χ1) is 21.5. The summed E-state index contributed by atoms with van der Waals surface area (Å²) in [7, 11) is 0. The van der Waals surface area contributed by atoms with Crippen molar-refractivity contribution in [2.24, 2.45) is 0 Å². The van der Waals surface area contributed by atoms with Crippen molar-refractivity contribution in [3.63, 3.8) is 0 Å². The molecule has 5 rings (SSSR count). The van der Waals surface area contributed by atoms with Crippen LogP contribution in [-0.4, -0.2) is 69.8 Å². The number of hydrogen-bond acceptors (Lipinski definition) is 8. The Labute approximate surface area is 257 Å². The van der Waals surface area contributed by atoms with Crippen molar-refractivity contribution in [1.82, 2.24) is 19.9 Å². The SMILES string of the molecule is O=C(O)C(CCN(CCCCc1ccc2c(n1)NCCC2)CCOc1ccc(F)cc1)Nc1ncncc1-c1ccccc1. The number of aliphatic carboxylic acids is 1. The van der Waals surface area contributed by atoms with E-state index in [1.807, 2.05) is 30.3 Å². The molecule has 2 aromatic carbocycles. The number of benzene rings is 2. The summed E-state index contributed by atoms with van der Waals surface area (Å²) in [4.78, 5) is 27.9. The molecule has 0 radical (unpaired) electrons. The van der Waals surface area contributed by atoms with Gasteiger partial charge in [-0.2, -0.15) is 0 Å². The van der Waals surface area contributed by atoms with Crippen LogP contribution in [0.25, 0.3) is 11.1 Å². The van der Waals surface area contributed by atoms with Gasteiger partial charge in [0.1, 0.15) is 42.2 Å². The summed E-state index contributed by atoms with van der Waals surface area (Å²) >= 11 is 0. The second kappa shape index (κ2) is 15.8. The highest BCUT2D eigenvalue weighted by Crippen LogP contribution is 2.26. The molecule has 1 atom stereocenters. The van der Waals surface area contributed by atoms with Crippen LogP contribution in [0.3, 0.4) is 0 Å². The van der Waals surface area contributed by atoms with Crippen molar-refractivity contribution in [1.29, 1.82) is 0 Å². The fraction of sp³-hybridized carbons (Fsp3) is 0.353. The summed E-state index contributed by atoms with van der Waals surface area (Å²) in [5, 5.41) is 16.6. The number of nitrogens with one attached hydrogen (secondary N) is 2. The lowest BCUT2D eigenvalue weighted by Gasteiger charge is -2.25. The van der Waals surface area contributed by atoms with E-state index >= 15 is 0 Å². The molecule has 10 heteroatoms. The Bertz CT molecular complexity index is 1490. The van der Waals surface area contributed by atoms with Gasteiger partial charge < -0.3 is 20.5 Å². The van der Waals surface area contributed by atoms with Crippen LogP contribution >= 0.6 is 0 Å². The minimum absolute atomic E-state index is 0.311. The molecule has 3 N–H and O–H groups in total. The van der Waals surface area contributed by atoms with Crippen LogP contribution < -0.4 is 15.4 Å². The minimum atomic E-state index is -0.947. The standard InChI is InChI=1S/C34H39FN6O3/c35-27-12-15-29(16-13-27)44-22-21-41(19-5-4-10-28-14-11-26-9-6-18-37-32(26)39-28)20-17-31(34(42)43)40-33-30(23-36-24-38-33)25-7-2-1-3-8-25/h1-3,7-8,11-16,23-24,31H,4-6,9-10,17-22H2,(H,37,39)(H,42,43)(H,36,38,40). The van der Waals surface area contributed by atoms with Crippen molar-refractivity contribution in [2.75, 3.05) is 43.4 Å². The number of anilines is 2. The summed E-state index contributed by atoms with van der Waals surface area (Å²) in [6, 6.07) is 19.1. The third-order valence-corrected chi connectivity index (χ3v) is 7.74. The van der Waals surface area contributed by atoms with Crippen molar-refractivity contribution in [2.45, 2.75) is 44.6 Å². The number of aryl methyl sites for hydroxylation is 2. The Hall–Kier alpha value is -4.57. The molecule has 44 heavy (non-hydrogen) atoms. The fourth-order valence-electron chi connectivity index (χ4n) is 5.32. The Morgan fingerprint density at radius 2 is 1.89 bits per heavy atom. The second-order valence-corrected chi connectivity index (χ2v) is 10.9. The number of carboxylic acids is 1. The Morgan fingerprint density at radius 3 is 2.70 bits per heavy atom. The summed E-state index contributed by atoms with van der Waals surface area (Å²) in [5.74, 6) is 0.837. The lowest BCUT2D eigenvalue weighted by atomic mass is 10.1. The molecule has 0 saturated carbocycles. The predicted octanol–water partition coefficient (Wildman–Crippen LogP) is 5.69. The van der Waals surface area contributed by atoms with Crippen LogP contribution in [0.5, 0.6) is 5.75 Å². The molecule has 0 fully saturated rings. The molecule has 0 bridgehead atoms. The lowest BCUT2D eigenvalue weighted by molar-refractivity contribution is -0.138. The molecule has 230 valence electrons. The van der Waals surface area contributed by atoms with E-state index in [9.17, 15) is 14.3 Å². The molecule has 1 aliphatic rings. The molecule has 0 amide bonds. The molecule has 0 saturated heterocycles. The largest absolute Gasteiger partial charge is 0.492 e. The maximum atomic E-state index is 13.3. The summed E-state index contributed by atoms with van der Waals surface area (Å²) in [5.41, 5.74) is 4.02.